The molecule has 0 amide bonds. The Morgan fingerprint density at radius 2 is 1.87 bits per heavy atom. The third-order valence-corrected chi connectivity index (χ3v) is 5.85. The normalized spacial score (nSPS) is 11.4. The molecule has 0 saturated carbocycles. The molecule has 2 heterocycles. The summed E-state index contributed by atoms with van der Waals surface area (Å²) in [5.41, 5.74) is 1.50. The van der Waals surface area contributed by atoms with Crippen molar-refractivity contribution < 1.29 is 9.15 Å². The number of fused-ring (bicyclic) bond motifs is 1. The highest BCUT2D eigenvalue weighted by Gasteiger charge is 2.15. The summed E-state index contributed by atoms with van der Waals surface area (Å²) in [4.78, 5) is 17.8. The molecule has 0 unspecified atom stereocenters. The SMILES string of the molecule is COc1ccc(-c2nnc(CSc3nc4ccccc4c(=O)n3CCC(C)C)o2)cc1. The standard InChI is InChI=1S/C23H24N4O3S/c1-15(2)12-13-27-22(28)18-6-4-5-7-19(18)24-23(27)31-14-20-25-26-21(30-20)16-8-10-17(29-3)11-9-16/h4-11,15H,12-14H2,1-3H3. The molecule has 0 radical (unpaired) electrons. The van der Waals surface area contributed by atoms with Crippen molar-refractivity contribution in [2.45, 2.75) is 37.7 Å². The van der Waals surface area contributed by atoms with Gasteiger partial charge in [-0.3, -0.25) is 9.36 Å². The van der Waals surface area contributed by atoms with Crippen LogP contribution in [0.5, 0.6) is 5.75 Å². The fraction of sp³-hybridized carbons (Fsp3) is 0.304. The van der Waals surface area contributed by atoms with E-state index in [-0.39, 0.29) is 5.56 Å². The average Bonchev–Trinajstić information content (AvgIpc) is 3.26. The highest BCUT2D eigenvalue weighted by Crippen LogP contribution is 2.25. The maximum absolute atomic E-state index is 13.1. The van der Waals surface area contributed by atoms with E-state index < -0.39 is 0 Å². The minimum atomic E-state index is -0.0156. The van der Waals surface area contributed by atoms with Gasteiger partial charge in [0.15, 0.2) is 5.16 Å². The van der Waals surface area contributed by atoms with Crippen molar-refractivity contribution in [1.82, 2.24) is 19.7 Å². The number of hydrogen-bond donors (Lipinski definition) is 0. The second kappa shape index (κ2) is 9.34. The van der Waals surface area contributed by atoms with Gasteiger partial charge in [0.2, 0.25) is 11.8 Å². The number of benzene rings is 2. The minimum absolute atomic E-state index is 0.0156. The van der Waals surface area contributed by atoms with Crippen LogP contribution in [0.15, 0.2) is 62.9 Å². The quantitative estimate of drug-likeness (QED) is 0.290. The Morgan fingerprint density at radius 3 is 2.61 bits per heavy atom. The van der Waals surface area contributed by atoms with Crippen molar-refractivity contribution in [2.24, 2.45) is 5.92 Å². The van der Waals surface area contributed by atoms with Crippen molar-refractivity contribution in [3.8, 4) is 17.2 Å². The predicted molar refractivity (Wildman–Crippen MR) is 121 cm³/mol. The van der Waals surface area contributed by atoms with E-state index in [0.29, 0.717) is 46.1 Å². The molecule has 0 aliphatic rings. The van der Waals surface area contributed by atoms with Crippen LogP contribution in [0.2, 0.25) is 0 Å². The molecule has 4 aromatic rings. The van der Waals surface area contributed by atoms with Gasteiger partial charge in [0.1, 0.15) is 5.75 Å². The summed E-state index contributed by atoms with van der Waals surface area (Å²) in [6, 6.07) is 14.9. The largest absolute Gasteiger partial charge is 0.497 e. The Balaban J connectivity index is 1.57. The average molecular weight is 437 g/mol. The molecule has 160 valence electrons. The third-order valence-electron chi connectivity index (χ3n) is 4.89. The van der Waals surface area contributed by atoms with Gasteiger partial charge >= 0.3 is 0 Å². The van der Waals surface area contributed by atoms with Crippen LogP contribution in [0, 0.1) is 5.92 Å². The highest BCUT2D eigenvalue weighted by molar-refractivity contribution is 7.98. The van der Waals surface area contributed by atoms with Crippen molar-refractivity contribution in [3.05, 3.63) is 64.8 Å². The van der Waals surface area contributed by atoms with Gasteiger partial charge in [-0.15, -0.1) is 10.2 Å². The Labute approximate surface area is 184 Å². The minimum Gasteiger partial charge on any atom is -0.497 e. The first kappa shape index (κ1) is 21.1. The zero-order valence-corrected chi connectivity index (χ0v) is 18.6. The molecular formula is C23H24N4O3S. The first-order chi connectivity index (χ1) is 15.0. The summed E-state index contributed by atoms with van der Waals surface area (Å²) in [6.45, 7) is 4.91. The summed E-state index contributed by atoms with van der Waals surface area (Å²) in [6.07, 6.45) is 0.898. The molecule has 4 rings (SSSR count). The smallest absolute Gasteiger partial charge is 0.262 e. The molecular weight excluding hydrogens is 412 g/mol. The first-order valence-electron chi connectivity index (χ1n) is 10.1. The van der Waals surface area contributed by atoms with Gasteiger partial charge in [-0.25, -0.2) is 4.98 Å². The van der Waals surface area contributed by atoms with Gasteiger partial charge < -0.3 is 9.15 Å². The topological polar surface area (TPSA) is 83.0 Å². The molecule has 0 bridgehead atoms. The maximum Gasteiger partial charge on any atom is 0.262 e. The van der Waals surface area contributed by atoms with Crippen LogP contribution in [0.3, 0.4) is 0 Å². The summed E-state index contributed by atoms with van der Waals surface area (Å²) < 4.78 is 12.8. The van der Waals surface area contributed by atoms with Crippen molar-refractivity contribution in [1.29, 1.82) is 0 Å². The summed E-state index contributed by atoms with van der Waals surface area (Å²) >= 11 is 1.43. The second-order valence-corrected chi connectivity index (χ2v) is 8.51. The molecule has 31 heavy (non-hydrogen) atoms. The number of hydrogen-bond acceptors (Lipinski definition) is 7. The zero-order valence-electron chi connectivity index (χ0n) is 17.7. The van der Waals surface area contributed by atoms with Crippen LogP contribution in [-0.2, 0) is 12.3 Å². The van der Waals surface area contributed by atoms with Crippen LogP contribution in [0.4, 0.5) is 0 Å². The van der Waals surface area contributed by atoms with Crippen LogP contribution >= 0.6 is 11.8 Å². The number of aromatic nitrogens is 4. The van der Waals surface area contributed by atoms with E-state index in [1.165, 1.54) is 11.8 Å². The fourth-order valence-corrected chi connectivity index (χ4v) is 3.99. The molecule has 0 aliphatic heterocycles. The highest BCUT2D eigenvalue weighted by atomic mass is 32.2. The van der Waals surface area contributed by atoms with E-state index in [0.717, 1.165) is 17.7 Å². The van der Waals surface area contributed by atoms with E-state index >= 15 is 0 Å². The van der Waals surface area contributed by atoms with Gasteiger partial charge in [0.25, 0.3) is 5.56 Å². The number of ether oxygens (including phenoxy) is 1. The first-order valence-corrected chi connectivity index (χ1v) is 11.1. The Hall–Kier alpha value is -3.13. The Kier molecular flexibility index (Phi) is 6.36. The van der Waals surface area contributed by atoms with Gasteiger partial charge in [-0.1, -0.05) is 37.7 Å². The molecule has 0 N–H and O–H groups in total. The van der Waals surface area contributed by atoms with Crippen LogP contribution in [0.1, 0.15) is 26.2 Å². The van der Waals surface area contributed by atoms with E-state index in [9.17, 15) is 4.79 Å². The third kappa shape index (κ3) is 4.80. The van der Waals surface area contributed by atoms with Gasteiger partial charge in [0, 0.05) is 12.1 Å². The van der Waals surface area contributed by atoms with Crippen LogP contribution in [0.25, 0.3) is 22.4 Å². The number of thioether (sulfide) groups is 1. The van der Waals surface area contributed by atoms with Crippen molar-refractivity contribution >= 4 is 22.7 Å². The van der Waals surface area contributed by atoms with Crippen LogP contribution < -0.4 is 10.3 Å². The fourth-order valence-electron chi connectivity index (χ4n) is 3.13. The Morgan fingerprint density at radius 1 is 1.10 bits per heavy atom. The van der Waals surface area contributed by atoms with Crippen LogP contribution in [-0.4, -0.2) is 26.9 Å². The zero-order chi connectivity index (χ0) is 21.8. The molecule has 0 saturated heterocycles. The second-order valence-electron chi connectivity index (χ2n) is 7.57. The number of para-hydroxylation sites is 1. The predicted octanol–water partition coefficient (Wildman–Crippen LogP) is 4.79. The summed E-state index contributed by atoms with van der Waals surface area (Å²) in [5, 5.41) is 9.59. The Bertz CT molecular complexity index is 1230. The number of rotatable bonds is 8. The maximum atomic E-state index is 13.1. The summed E-state index contributed by atoms with van der Waals surface area (Å²) in [5.74, 6) is 2.60. The molecule has 2 aromatic heterocycles. The van der Waals surface area contributed by atoms with Gasteiger partial charge in [-0.2, -0.15) is 0 Å². The van der Waals surface area contributed by atoms with Crippen molar-refractivity contribution in [3.63, 3.8) is 0 Å². The van der Waals surface area contributed by atoms with E-state index in [2.05, 4.69) is 24.0 Å². The lowest BCUT2D eigenvalue weighted by Gasteiger charge is -2.13. The molecule has 8 heteroatoms. The monoisotopic (exact) mass is 436 g/mol. The lowest BCUT2D eigenvalue weighted by molar-refractivity contribution is 0.415. The van der Waals surface area contributed by atoms with E-state index in [1.807, 2.05) is 48.5 Å². The lowest BCUT2D eigenvalue weighted by atomic mass is 10.1. The van der Waals surface area contributed by atoms with Gasteiger partial charge in [-0.05, 0) is 48.7 Å². The molecule has 7 nitrogen and oxygen atoms in total. The summed E-state index contributed by atoms with van der Waals surface area (Å²) in [7, 11) is 1.62. The molecule has 0 atom stereocenters. The molecule has 0 fully saturated rings. The molecule has 0 spiro atoms. The van der Waals surface area contributed by atoms with E-state index in [4.69, 9.17) is 14.1 Å². The molecule has 2 aromatic carbocycles. The number of methoxy groups -OCH3 is 1. The van der Waals surface area contributed by atoms with Gasteiger partial charge in [0.05, 0.1) is 23.8 Å². The number of nitrogens with zero attached hydrogens (tertiary/aromatic N) is 4. The van der Waals surface area contributed by atoms with E-state index in [1.54, 1.807) is 11.7 Å². The van der Waals surface area contributed by atoms with Crippen molar-refractivity contribution in [2.75, 3.05) is 7.11 Å². The molecule has 0 aliphatic carbocycles. The lowest BCUT2D eigenvalue weighted by Crippen LogP contribution is -2.24.